The molecule has 1 fully saturated rings. The summed E-state index contributed by atoms with van der Waals surface area (Å²) in [5.41, 5.74) is 6.93. The number of carbonyl (C=O) groups excluding carboxylic acids is 2. The van der Waals surface area contributed by atoms with Crippen LogP contribution in [0.15, 0.2) is 41.8 Å². The van der Waals surface area contributed by atoms with E-state index in [1.165, 1.54) is 4.88 Å². The summed E-state index contributed by atoms with van der Waals surface area (Å²) in [6.07, 6.45) is 2.26. The Bertz CT molecular complexity index is 722. The SMILES string of the molecule is Nc1ccccc1C(=O)N1CCC(C(=O)NCCc2cccs2)CC1. The third kappa shape index (κ3) is 4.39. The summed E-state index contributed by atoms with van der Waals surface area (Å²) >= 11 is 1.71. The molecule has 1 aliphatic heterocycles. The van der Waals surface area contributed by atoms with Crippen molar-refractivity contribution in [2.75, 3.05) is 25.4 Å². The van der Waals surface area contributed by atoms with Gasteiger partial charge >= 0.3 is 0 Å². The minimum absolute atomic E-state index is 0.0134. The van der Waals surface area contributed by atoms with Crippen LogP contribution in [0.3, 0.4) is 0 Å². The maximum atomic E-state index is 12.5. The lowest BCUT2D eigenvalue weighted by atomic mass is 9.95. The van der Waals surface area contributed by atoms with Crippen LogP contribution in [0.4, 0.5) is 5.69 Å². The Balaban J connectivity index is 1.45. The van der Waals surface area contributed by atoms with Gasteiger partial charge in [0.25, 0.3) is 5.91 Å². The molecule has 0 radical (unpaired) electrons. The van der Waals surface area contributed by atoms with Gasteiger partial charge in [-0.25, -0.2) is 0 Å². The number of thiophene rings is 1. The molecule has 2 heterocycles. The fourth-order valence-electron chi connectivity index (χ4n) is 3.11. The molecule has 1 aliphatic rings. The molecular formula is C19H23N3O2S. The lowest BCUT2D eigenvalue weighted by molar-refractivity contribution is -0.126. The molecule has 2 aromatic rings. The number of nitrogens with one attached hydrogen (secondary N) is 1. The van der Waals surface area contributed by atoms with Crippen LogP contribution in [0.25, 0.3) is 0 Å². The molecule has 1 saturated heterocycles. The average molecular weight is 357 g/mol. The zero-order valence-corrected chi connectivity index (χ0v) is 14.9. The van der Waals surface area contributed by atoms with Crippen LogP contribution in [0, 0.1) is 5.92 Å². The minimum Gasteiger partial charge on any atom is -0.398 e. The summed E-state index contributed by atoms with van der Waals surface area (Å²) in [5.74, 6) is 0.0399. The molecule has 0 saturated carbocycles. The normalized spacial score (nSPS) is 15.1. The Morgan fingerprint density at radius 3 is 2.60 bits per heavy atom. The molecule has 132 valence electrons. The molecule has 5 nitrogen and oxygen atoms in total. The highest BCUT2D eigenvalue weighted by molar-refractivity contribution is 7.09. The number of para-hydroxylation sites is 1. The molecule has 3 N–H and O–H groups in total. The second-order valence-electron chi connectivity index (χ2n) is 6.27. The number of likely N-dealkylation sites (tertiary alicyclic amines) is 1. The van der Waals surface area contributed by atoms with E-state index in [2.05, 4.69) is 11.4 Å². The Morgan fingerprint density at radius 1 is 1.16 bits per heavy atom. The Morgan fingerprint density at radius 2 is 1.92 bits per heavy atom. The van der Waals surface area contributed by atoms with Crippen molar-refractivity contribution in [2.24, 2.45) is 5.92 Å². The van der Waals surface area contributed by atoms with E-state index in [0.29, 0.717) is 43.7 Å². The van der Waals surface area contributed by atoms with Crippen LogP contribution < -0.4 is 11.1 Å². The van der Waals surface area contributed by atoms with E-state index in [-0.39, 0.29) is 17.7 Å². The fourth-order valence-corrected chi connectivity index (χ4v) is 3.82. The number of nitrogens with two attached hydrogens (primary N) is 1. The molecular weight excluding hydrogens is 334 g/mol. The maximum absolute atomic E-state index is 12.5. The number of carbonyl (C=O) groups is 2. The molecule has 25 heavy (non-hydrogen) atoms. The van der Waals surface area contributed by atoms with Gasteiger partial charge in [0.05, 0.1) is 5.56 Å². The van der Waals surface area contributed by atoms with Gasteiger partial charge in [-0.15, -0.1) is 11.3 Å². The smallest absolute Gasteiger partial charge is 0.255 e. The van der Waals surface area contributed by atoms with Gasteiger partial charge in [-0.05, 0) is 42.8 Å². The lowest BCUT2D eigenvalue weighted by Gasteiger charge is -2.31. The van der Waals surface area contributed by atoms with Crippen molar-refractivity contribution in [3.63, 3.8) is 0 Å². The number of benzene rings is 1. The number of nitrogen functional groups attached to an aromatic ring is 1. The monoisotopic (exact) mass is 357 g/mol. The quantitative estimate of drug-likeness (QED) is 0.808. The summed E-state index contributed by atoms with van der Waals surface area (Å²) in [4.78, 5) is 27.9. The van der Waals surface area contributed by atoms with Gasteiger partial charge in [0.1, 0.15) is 0 Å². The predicted octanol–water partition coefficient (Wildman–Crippen LogP) is 2.54. The number of piperidine rings is 1. The largest absolute Gasteiger partial charge is 0.398 e. The highest BCUT2D eigenvalue weighted by Crippen LogP contribution is 2.21. The molecule has 3 rings (SSSR count). The van der Waals surface area contributed by atoms with Gasteiger partial charge in [0, 0.05) is 36.1 Å². The number of hydrogen-bond acceptors (Lipinski definition) is 4. The van der Waals surface area contributed by atoms with Crippen molar-refractivity contribution in [3.8, 4) is 0 Å². The Kier molecular flexibility index (Phi) is 5.71. The fraction of sp³-hybridized carbons (Fsp3) is 0.368. The molecule has 1 aromatic carbocycles. The van der Waals surface area contributed by atoms with E-state index in [1.807, 2.05) is 23.6 Å². The van der Waals surface area contributed by atoms with Crippen molar-refractivity contribution in [1.29, 1.82) is 0 Å². The first-order chi connectivity index (χ1) is 12.1. The summed E-state index contributed by atoms with van der Waals surface area (Å²) in [6, 6.07) is 11.2. The van der Waals surface area contributed by atoms with Gasteiger partial charge in [-0.3, -0.25) is 9.59 Å². The van der Waals surface area contributed by atoms with Crippen molar-refractivity contribution < 1.29 is 9.59 Å². The first kappa shape index (κ1) is 17.5. The van der Waals surface area contributed by atoms with E-state index >= 15 is 0 Å². The summed E-state index contributed by atoms with van der Waals surface area (Å²) in [7, 11) is 0. The van der Waals surface area contributed by atoms with Gasteiger partial charge in [0.15, 0.2) is 0 Å². The topological polar surface area (TPSA) is 75.4 Å². The molecule has 1 aromatic heterocycles. The number of amides is 2. The first-order valence-electron chi connectivity index (χ1n) is 8.59. The van der Waals surface area contributed by atoms with E-state index in [0.717, 1.165) is 6.42 Å². The molecule has 0 atom stereocenters. The number of rotatable bonds is 5. The predicted molar refractivity (Wildman–Crippen MR) is 101 cm³/mol. The van der Waals surface area contributed by atoms with Crippen LogP contribution in [-0.2, 0) is 11.2 Å². The van der Waals surface area contributed by atoms with Crippen LogP contribution in [0.2, 0.25) is 0 Å². The first-order valence-corrected chi connectivity index (χ1v) is 9.47. The zero-order chi connectivity index (χ0) is 17.6. The van der Waals surface area contributed by atoms with Crippen LogP contribution in [0.1, 0.15) is 28.1 Å². The van der Waals surface area contributed by atoms with Gasteiger partial charge < -0.3 is 16.0 Å². The Labute approximate surface area is 151 Å². The molecule has 0 aliphatic carbocycles. The molecule has 2 amide bonds. The standard InChI is InChI=1S/C19H23N3O2S/c20-17-6-2-1-5-16(17)19(24)22-11-8-14(9-12-22)18(23)21-10-7-15-4-3-13-25-15/h1-6,13-14H,7-12,20H2,(H,21,23). The molecule has 0 unspecified atom stereocenters. The third-order valence-corrected chi connectivity index (χ3v) is 5.53. The Hall–Kier alpha value is -2.34. The second kappa shape index (κ2) is 8.16. The minimum atomic E-state index is -0.0466. The second-order valence-corrected chi connectivity index (χ2v) is 7.31. The third-order valence-electron chi connectivity index (χ3n) is 4.59. The van der Waals surface area contributed by atoms with Crippen molar-refractivity contribution in [1.82, 2.24) is 10.2 Å². The van der Waals surface area contributed by atoms with Crippen molar-refractivity contribution >= 4 is 28.8 Å². The van der Waals surface area contributed by atoms with E-state index in [9.17, 15) is 9.59 Å². The van der Waals surface area contributed by atoms with E-state index in [1.54, 1.807) is 28.4 Å². The number of nitrogens with zero attached hydrogens (tertiary/aromatic N) is 1. The summed E-state index contributed by atoms with van der Waals surface area (Å²) in [5, 5.41) is 5.06. The molecule has 0 spiro atoms. The van der Waals surface area contributed by atoms with Crippen LogP contribution >= 0.6 is 11.3 Å². The van der Waals surface area contributed by atoms with Gasteiger partial charge in [0.2, 0.25) is 5.91 Å². The molecule has 0 bridgehead atoms. The van der Waals surface area contributed by atoms with Gasteiger partial charge in [-0.1, -0.05) is 18.2 Å². The number of hydrogen-bond donors (Lipinski definition) is 2. The average Bonchev–Trinajstić information content (AvgIpc) is 3.15. The summed E-state index contributed by atoms with van der Waals surface area (Å²) < 4.78 is 0. The van der Waals surface area contributed by atoms with Gasteiger partial charge in [-0.2, -0.15) is 0 Å². The lowest BCUT2D eigenvalue weighted by Crippen LogP contribution is -2.43. The van der Waals surface area contributed by atoms with Crippen molar-refractivity contribution in [2.45, 2.75) is 19.3 Å². The maximum Gasteiger partial charge on any atom is 0.255 e. The molecule has 6 heteroatoms. The number of anilines is 1. The zero-order valence-electron chi connectivity index (χ0n) is 14.1. The van der Waals surface area contributed by atoms with Crippen molar-refractivity contribution in [3.05, 3.63) is 52.2 Å². The van der Waals surface area contributed by atoms with Crippen LogP contribution in [0.5, 0.6) is 0 Å². The van der Waals surface area contributed by atoms with E-state index < -0.39 is 0 Å². The highest BCUT2D eigenvalue weighted by atomic mass is 32.1. The summed E-state index contributed by atoms with van der Waals surface area (Å²) in [6.45, 7) is 1.85. The highest BCUT2D eigenvalue weighted by Gasteiger charge is 2.28. The van der Waals surface area contributed by atoms with Crippen LogP contribution in [-0.4, -0.2) is 36.3 Å². The van der Waals surface area contributed by atoms with E-state index in [4.69, 9.17) is 5.73 Å².